The zero-order valence-corrected chi connectivity index (χ0v) is 10.3. The molecule has 0 amide bonds. The molecule has 0 radical (unpaired) electrons. The minimum atomic E-state index is 0.247. The number of para-hydroxylation sites is 1. The lowest BCUT2D eigenvalue weighted by Crippen LogP contribution is -1.80. The Kier molecular flexibility index (Phi) is 3.83. The molecule has 2 aromatic carbocycles. The third-order valence-corrected chi connectivity index (χ3v) is 3.07. The van der Waals surface area contributed by atoms with Crippen LogP contribution in [-0.2, 0) is 0 Å². The van der Waals surface area contributed by atoms with E-state index in [-0.39, 0.29) is 5.75 Å². The number of phenolic OH excluding ortho intramolecular Hbond substituents is 1. The Labute approximate surface area is 105 Å². The minimum Gasteiger partial charge on any atom is -0.507 e. The summed E-state index contributed by atoms with van der Waals surface area (Å²) in [5.41, 5.74) is 1.61. The maximum Gasteiger partial charge on any atom is 0.124 e. The van der Waals surface area contributed by atoms with E-state index < -0.39 is 0 Å². The molecular weight excluding hydrogens is 230 g/mol. The van der Waals surface area contributed by atoms with Crippen molar-refractivity contribution in [2.45, 2.75) is 4.90 Å². The first-order valence-corrected chi connectivity index (χ1v) is 6.48. The van der Waals surface area contributed by atoms with E-state index >= 15 is 0 Å². The molecule has 0 unspecified atom stereocenters. The summed E-state index contributed by atoms with van der Waals surface area (Å²) in [5.74, 6) is 0.247. The van der Waals surface area contributed by atoms with Crippen molar-refractivity contribution in [1.82, 2.24) is 0 Å². The van der Waals surface area contributed by atoms with Gasteiger partial charge in [-0.2, -0.15) is 0 Å². The first-order chi connectivity index (χ1) is 8.29. The average Bonchev–Trinajstić information content (AvgIpc) is 2.38. The summed E-state index contributed by atoms with van der Waals surface area (Å²) < 4.78 is 0. The van der Waals surface area contributed by atoms with Crippen molar-refractivity contribution in [2.75, 3.05) is 6.26 Å². The zero-order chi connectivity index (χ0) is 12.1. The molecule has 0 aliphatic carbocycles. The fourth-order valence-corrected chi connectivity index (χ4v) is 1.88. The van der Waals surface area contributed by atoms with Crippen LogP contribution in [0.4, 0.5) is 5.69 Å². The monoisotopic (exact) mass is 243 g/mol. The number of phenols is 1. The summed E-state index contributed by atoms with van der Waals surface area (Å²) in [6.45, 7) is 0. The van der Waals surface area contributed by atoms with Gasteiger partial charge in [-0.05, 0) is 36.6 Å². The Balaban J connectivity index is 2.23. The highest BCUT2D eigenvalue weighted by Crippen LogP contribution is 2.21. The third kappa shape index (κ3) is 3.11. The summed E-state index contributed by atoms with van der Waals surface area (Å²) in [5, 5.41) is 9.59. The fraction of sp³-hybridized carbons (Fsp3) is 0.0714. The Morgan fingerprint density at radius 2 is 1.94 bits per heavy atom. The normalized spacial score (nSPS) is 10.9. The number of aromatic hydroxyl groups is 1. The summed E-state index contributed by atoms with van der Waals surface area (Å²) in [6, 6.07) is 15.1. The molecule has 2 nitrogen and oxygen atoms in total. The van der Waals surface area contributed by atoms with Gasteiger partial charge < -0.3 is 5.11 Å². The van der Waals surface area contributed by atoms with Crippen molar-refractivity contribution in [1.29, 1.82) is 0 Å². The number of aliphatic imine (C=N–C) groups is 1. The predicted octanol–water partition coefficient (Wildman–Crippen LogP) is 3.86. The van der Waals surface area contributed by atoms with Gasteiger partial charge in [0.1, 0.15) is 5.75 Å². The van der Waals surface area contributed by atoms with Gasteiger partial charge in [-0.3, -0.25) is 4.99 Å². The largest absolute Gasteiger partial charge is 0.507 e. The molecule has 2 aromatic rings. The van der Waals surface area contributed by atoms with Gasteiger partial charge in [-0.25, -0.2) is 0 Å². The third-order valence-electron chi connectivity index (χ3n) is 2.34. The number of rotatable bonds is 3. The molecule has 0 bridgehead atoms. The van der Waals surface area contributed by atoms with Crippen LogP contribution in [0.1, 0.15) is 5.56 Å². The van der Waals surface area contributed by atoms with Gasteiger partial charge in [-0.15, -0.1) is 11.8 Å². The van der Waals surface area contributed by atoms with Gasteiger partial charge >= 0.3 is 0 Å². The van der Waals surface area contributed by atoms with Crippen LogP contribution in [0.5, 0.6) is 5.75 Å². The van der Waals surface area contributed by atoms with Crippen molar-refractivity contribution >= 4 is 23.7 Å². The second kappa shape index (κ2) is 5.55. The van der Waals surface area contributed by atoms with Crippen LogP contribution >= 0.6 is 11.8 Å². The summed E-state index contributed by atoms with van der Waals surface area (Å²) in [4.78, 5) is 5.53. The molecule has 0 saturated heterocycles. The van der Waals surface area contributed by atoms with Crippen LogP contribution in [0.2, 0.25) is 0 Å². The Morgan fingerprint density at radius 3 is 2.71 bits per heavy atom. The maximum absolute atomic E-state index is 9.59. The molecule has 2 rings (SSSR count). The van der Waals surface area contributed by atoms with Gasteiger partial charge in [0, 0.05) is 16.7 Å². The molecule has 0 spiro atoms. The number of nitrogens with zero attached hydrogens (tertiary/aromatic N) is 1. The molecular formula is C14H13NOS. The summed E-state index contributed by atoms with van der Waals surface area (Å²) in [7, 11) is 0. The number of hydrogen-bond acceptors (Lipinski definition) is 3. The molecule has 86 valence electrons. The van der Waals surface area contributed by atoms with Crippen molar-refractivity contribution in [3.8, 4) is 5.75 Å². The fourth-order valence-electron chi connectivity index (χ4n) is 1.43. The van der Waals surface area contributed by atoms with E-state index in [1.54, 1.807) is 30.1 Å². The lowest BCUT2D eigenvalue weighted by molar-refractivity contribution is 0.474. The van der Waals surface area contributed by atoms with Crippen molar-refractivity contribution in [2.24, 2.45) is 4.99 Å². The summed E-state index contributed by atoms with van der Waals surface area (Å²) >= 11 is 1.68. The smallest absolute Gasteiger partial charge is 0.124 e. The van der Waals surface area contributed by atoms with Crippen LogP contribution in [0.15, 0.2) is 58.4 Å². The van der Waals surface area contributed by atoms with Gasteiger partial charge in [0.25, 0.3) is 0 Å². The Morgan fingerprint density at radius 1 is 1.12 bits per heavy atom. The van der Waals surface area contributed by atoms with Crippen molar-refractivity contribution < 1.29 is 5.11 Å². The van der Waals surface area contributed by atoms with E-state index in [1.807, 2.05) is 42.7 Å². The molecule has 1 N–H and O–H groups in total. The summed E-state index contributed by atoms with van der Waals surface area (Å²) in [6.07, 6.45) is 3.71. The second-order valence-electron chi connectivity index (χ2n) is 3.52. The molecule has 17 heavy (non-hydrogen) atoms. The number of benzene rings is 2. The average molecular weight is 243 g/mol. The molecule has 0 aliphatic rings. The van der Waals surface area contributed by atoms with E-state index in [4.69, 9.17) is 0 Å². The van der Waals surface area contributed by atoms with E-state index in [1.165, 1.54) is 4.90 Å². The molecule has 0 atom stereocenters. The van der Waals surface area contributed by atoms with Gasteiger partial charge in [0.05, 0.1) is 5.69 Å². The van der Waals surface area contributed by atoms with Crippen LogP contribution < -0.4 is 0 Å². The van der Waals surface area contributed by atoms with Crippen molar-refractivity contribution in [3.05, 3.63) is 54.1 Å². The van der Waals surface area contributed by atoms with Crippen molar-refractivity contribution in [3.63, 3.8) is 0 Å². The van der Waals surface area contributed by atoms with Crippen LogP contribution in [0.3, 0.4) is 0 Å². The van der Waals surface area contributed by atoms with E-state index in [9.17, 15) is 5.11 Å². The molecule has 3 heteroatoms. The SMILES string of the molecule is CSc1cccc(N=Cc2ccccc2O)c1. The van der Waals surface area contributed by atoms with Gasteiger partial charge in [-0.1, -0.05) is 18.2 Å². The van der Waals surface area contributed by atoms with Crippen LogP contribution in [0.25, 0.3) is 0 Å². The molecule has 0 aromatic heterocycles. The standard InChI is InChI=1S/C14H13NOS/c1-17-13-7-4-6-12(9-13)15-10-11-5-2-3-8-14(11)16/h2-10,16H,1H3. The first-order valence-electron chi connectivity index (χ1n) is 5.26. The van der Waals surface area contributed by atoms with Gasteiger partial charge in [0.15, 0.2) is 0 Å². The Bertz CT molecular complexity index is 537. The van der Waals surface area contributed by atoms with E-state index in [0.717, 1.165) is 11.3 Å². The van der Waals surface area contributed by atoms with Gasteiger partial charge in [0.2, 0.25) is 0 Å². The highest BCUT2D eigenvalue weighted by molar-refractivity contribution is 7.98. The lowest BCUT2D eigenvalue weighted by Gasteiger charge is -1.99. The van der Waals surface area contributed by atoms with Crippen LogP contribution in [0, 0.1) is 0 Å². The lowest BCUT2D eigenvalue weighted by atomic mass is 10.2. The van der Waals surface area contributed by atoms with Crippen LogP contribution in [-0.4, -0.2) is 17.6 Å². The highest BCUT2D eigenvalue weighted by Gasteiger charge is 1.96. The zero-order valence-electron chi connectivity index (χ0n) is 9.50. The number of hydrogen-bond donors (Lipinski definition) is 1. The molecule has 0 saturated carbocycles. The second-order valence-corrected chi connectivity index (χ2v) is 4.40. The highest BCUT2D eigenvalue weighted by atomic mass is 32.2. The minimum absolute atomic E-state index is 0.247. The molecule has 0 aliphatic heterocycles. The predicted molar refractivity (Wildman–Crippen MR) is 73.6 cm³/mol. The Hall–Kier alpha value is -1.74. The first kappa shape index (κ1) is 11.7. The topological polar surface area (TPSA) is 32.6 Å². The maximum atomic E-state index is 9.59. The van der Waals surface area contributed by atoms with E-state index in [0.29, 0.717) is 0 Å². The van der Waals surface area contributed by atoms with E-state index in [2.05, 4.69) is 4.99 Å². The quantitative estimate of drug-likeness (QED) is 0.655. The number of thioether (sulfide) groups is 1. The molecule has 0 heterocycles. The molecule has 0 fully saturated rings.